The monoisotopic (exact) mass is 444 g/mol. The number of ether oxygens (including phenoxy) is 3. The van der Waals surface area contributed by atoms with Crippen LogP contribution >= 0.6 is 15.9 Å². The lowest BCUT2D eigenvalue weighted by molar-refractivity contribution is -0.385. The molecule has 9 nitrogen and oxygen atoms in total. The molecular formula is C17H21BrN2O7. The number of nitro groups is 1. The number of amides is 1. The second kappa shape index (κ2) is 9.54. The number of carbonyl (C=O) groups is 2. The number of likely N-dealkylation sites (tertiary alicyclic amines) is 1. The van der Waals surface area contributed by atoms with Crippen LogP contribution in [0, 0.1) is 10.1 Å². The molecule has 2 rings (SSSR count). The summed E-state index contributed by atoms with van der Waals surface area (Å²) in [5.74, 6) is -0.745. The Morgan fingerprint density at radius 2 is 2.07 bits per heavy atom. The molecule has 1 aliphatic heterocycles. The highest BCUT2D eigenvalue weighted by atomic mass is 79.9. The van der Waals surface area contributed by atoms with Crippen LogP contribution < -0.4 is 9.47 Å². The summed E-state index contributed by atoms with van der Waals surface area (Å²) in [6.07, 6.45) is 1.77. The summed E-state index contributed by atoms with van der Waals surface area (Å²) in [5.41, 5.74) is -0.550. The molecule has 0 unspecified atom stereocenters. The molecule has 0 saturated carbocycles. The molecule has 1 saturated heterocycles. The summed E-state index contributed by atoms with van der Waals surface area (Å²) in [5, 5.41) is 12.3. The Bertz CT molecular complexity index is 725. The van der Waals surface area contributed by atoms with Gasteiger partial charge in [-0.15, -0.1) is 0 Å². The normalized spacial score (nSPS) is 16.1. The van der Waals surface area contributed by atoms with E-state index in [0.29, 0.717) is 32.4 Å². The van der Waals surface area contributed by atoms with E-state index in [-0.39, 0.29) is 17.1 Å². The Kier molecular flexibility index (Phi) is 7.40. The lowest BCUT2D eigenvalue weighted by Crippen LogP contribution is -2.41. The molecule has 10 heteroatoms. The van der Waals surface area contributed by atoms with Gasteiger partial charge in [0.15, 0.2) is 11.5 Å². The highest BCUT2D eigenvalue weighted by Crippen LogP contribution is 2.36. The van der Waals surface area contributed by atoms with Crippen LogP contribution in [0.5, 0.6) is 11.5 Å². The van der Waals surface area contributed by atoms with E-state index in [2.05, 4.69) is 15.9 Å². The summed E-state index contributed by atoms with van der Waals surface area (Å²) in [6, 6.07) is 1.73. The Hall–Kier alpha value is -2.36. The standard InChI is InChI=1S/C17H21BrN2O7/c1-25-14-9-11(13(20(23)24)10-15(14)27-8-4-6-18)16(21)19-7-3-5-12(19)17(22)26-2/h9-10,12H,3-8H2,1-2H3/t12-/m0/s1. The van der Waals surface area contributed by atoms with Gasteiger partial charge in [-0.05, 0) is 19.3 Å². The fourth-order valence-electron chi connectivity index (χ4n) is 2.93. The fraction of sp³-hybridized carbons (Fsp3) is 0.529. The molecule has 27 heavy (non-hydrogen) atoms. The number of benzene rings is 1. The maximum absolute atomic E-state index is 13.0. The Morgan fingerprint density at radius 3 is 2.67 bits per heavy atom. The van der Waals surface area contributed by atoms with Crippen molar-refractivity contribution in [2.24, 2.45) is 0 Å². The van der Waals surface area contributed by atoms with Crippen LogP contribution in [0.1, 0.15) is 29.6 Å². The number of esters is 1. The number of hydrogen-bond acceptors (Lipinski definition) is 7. The van der Waals surface area contributed by atoms with Crippen LogP contribution in [0.2, 0.25) is 0 Å². The van der Waals surface area contributed by atoms with Gasteiger partial charge in [-0.3, -0.25) is 14.9 Å². The van der Waals surface area contributed by atoms with E-state index in [1.54, 1.807) is 0 Å². The molecule has 1 aromatic rings. The zero-order chi connectivity index (χ0) is 20.0. The van der Waals surface area contributed by atoms with Gasteiger partial charge in [0.05, 0.1) is 31.8 Å². The molecule has 0 aromatic heterocycles. The molecule has 1 aromatic carbocycles. The second-order valence-corrected chi connectivity index (χ2v) is 6.64. The number of hydrogen-bond donors (Lipinski definition) is 0. The van der Waals surface area contributed by atoms with Crippen molar-refractivity contribution in [2.75, 3.05) is 32.7 Å². The quantitative estimate of drug-likeness (QED) is 0.199. The van der Waals surface area contributed by atoms with E-state index < -0.39 is 28.5 Å². The third kappa shape index (κ3) is 4.68. The van der Waals surface area contributed by atoms with Gasteiger partial charge >= 0.3 is 5.97 Å². The molecule has 0 radical (unpaired) electrons. The van der Waals surface area contributed by atoms with Crippen LogP contribution in [-0.4, -0.2) is 60.4 Å². The third-order valence-electron chi connectivity index (χ3n) is 4.23. The zero-order valence-electron chi connectivity index (χ0n) is 15.1. The van der Waals surface area contributed by atoms with E-state index in [1.807, 2.05) is 0 Å². The molecule has 1 aliphatic rings. The number of rotatable bonds is 8. The van der Waals surface area contributed by atoms with Gasteiger partial charge in [0, 0.05) is 17.9 Å². The molecule has 148 valence electrons. The number of nitrogens with zero attached hydrogens (tertiary/aromatic N) is 2. The summed E-state index contributed by atoms with van der Waals surface area (Å²) in [4.78, 5) is 37.1. The summed E-state index contributed by atoms with van der Waals surface area (Å²) in [7, 11) is 2.63. The Morgan fingerprint density at radius 1 is 1.33 bits per heavy atom. The minimum atomic E-state index is -0.747. The Balaban J connectivity index is 2.40. The van der Waals surface area contributed by atoms with Crippen LogP contribution in [0.15, 0.2) is 12.1 Å². The molecule has 0 spiro atoms. The number of alkyl halides is 1. The first kappa shape index (κ1) is 20.9. The second-order valence-electron chi connectivity index (χ2n) is 5.85. The average molecular weight is 445 g/mol. The number of halogens is 1. The van der Waals surface area contributed by atoms with E-state index in [9.17, 15) is 19.7 Å². The van der Waals surface area contributed by atoms with Crippen molar-refractivity contribution < 1.29 is 28.7 Å². The van der Waals surface area contributed by atoms with Crippen LogP contribution in [-0.2, 0) is 9.53 Å². The number of carbonyl (C=O) groups excluding carboxylic acids is 2. The maximum Gasteiger partial charge on any atom is 0.328 e. The first-order valence-electron chi connectivity index (χ1n) is 8.38. The van der Waals surface area contributed by atoms with Crippen molar-refractivity contribution in [3.8, 4) is 11.5 Å². The number of methoxy groups -OCH3 is 2. The molecule has 1 heterocycles. The predicted octanol–water partition coefficient (Wildman–Crippen LogP) is 2.54. The van der Waals surface area contributed by atoms with Gasteiger partial charge in [-0.25, -0.2) is 4.79 Å². The molecular weight excluding hydrogens is 424 g/mol. The first-order chi connectivity index (χ1) is 12.9. The van der Waals surface area contributed by atoms with Crippen molar-refractivity contribution in [3.63, 3.8) is 0 Å². The van der Waals surface area contributed by atoms with Gasteiger partial charge in [0.1, 0.15) is 11.6 Å². The zero-order valence-corrected chi connectivity index (χ0v) is 16.7. The van der Waals surface area contributed by atoms with Crippen molar-refractivity contribution in [1.29, 1.82) is 0 Å². The topological polar surface area (TPSA) is 108 Å². The summed E-state index contributed by atoms with van der Waals surface area (Å²) < 4.78 is 15.5. The highest BCUT2D eigenvalue weighted by Gasteiger charge is 2.38. The molecule has 1 atom stereocenters. The van der Waals surface area contributed by atoms with Crippen molar-refractivity contribution in [2.45, 2.75) is 25.3 Å². The largest absolute Gasteiger partial charge is 0.493 e. The fourth-order valence-corrected chi connectivity index (χ4v) is 3.16. The van der Waals surface area contributed by atoms with Gasteiger partial charge in [0.25, 0.3) is 11.6 Å². The molecule has 0 N–H and O–H groups in total. The average Bonchev–Trinajstić information content (AvgIpc) is 3.16. The minimum Gasteiger partial charge on any atom is -0.493 e. The maximum atomic E-state index is 13.0. The summed E-state index contributed by atoms with van der Waals surface area (Å²) in [6.45, 7) is 0.657. The summed E-state index contributed by atoms with van der Waals surface area (Å²) >= 11 is 3.28. The van der Waals surface area contributed by atoms with Gasteiger partial charge in [-0.1, -0.05) is 15.9 Å². The van der Waals surface area contributed by atoms with Crippen molar-refractivity contribution >= 4 is 33.5 Å². The molecule has 1 amide bonds. The van der Waals surface area contributed by atoms with E-state index in [1.165, 1.54) is 31.3 Å². The lowest BCUT2D eigenvalue weighted by Gasteiger charge is -2.23. The van der Waals surface area contributed by atoms with Gasteiger partial charge < -0.3 is 19.1 Å². The van der Waals surface area contributed by atoms with Crippen LogP contribution in [0.3, 0.4) is 0 Å². The lowest BCUT2D eigenvalue weighted by atomic mass is 10.1. The van der Waals surface area contributed by atoms with Gasteiger partial charge in [-0.2, -0.15) is 0 Å². The van der Waals surface area contributed by atoms with Crippen LogP contribution in [0.25, 0.3) is 0 Å². The molecule has 0 aliphatic carbocycles. The van der Waals surface area contributed by atoms with E-state index in [0.717, 1.165) is 5.33 Å². The smallest absolute Gasteiger partial charge is 0.328 e. The van der Waals surface area contributed by atoms with E-state index >= 15 is 0 Å². The minimum absolute atomic E-state index is 0.152. The van der Waals surface area contributed by atoms with E-state index in [4.69, 9.17) is 14.2 Å². The number of nitro benzene ring substituents is 1. The van der Waals surface area contributed by atoms with Crippen molar-refractivity contribution in [3.05, 3.63) is 27.8 Å². The first-order valence-corrected chi connectivity index (χ1v) is 9.50. The molecule has 0 bridgehead atoms. The highest BCUT2D eigenvalue weighted by molar-refractivity contribution is 9.09. The predicted molar refractivity (Wildman–Crippen MR) is 99.6 cm³/mol. The molecule has 1 fully saturated rings. The van der Waals surface area contributed by atoms with Crippen LogP contribution in [0.4, 0.5) is 5.69 Å². The van der Waals surface area contributed by atoms with Gasteiger partial charge in [0.2, 0.25) is 0 Å². The van der Waals surface area contributed by atoms with Crippen molar-refractivity contribution in [1.82, 2.24) is 4.90 Å². The third-order valence-corrected chi connectivity index (χ3v) is 4.79. The SMILES string of the molecule is COC(=O)[C@@H]1CCCN1C(=O)c1cc(OC)c(OCCCBr)cc1[N+](=O)[O-]. The Labute approximate surface area is 164 Å².